The molecule has 2 amide bonds. The van der Waals surface area contributed by atoms with Crippen molar-refractivity contribution in [2.75, 3.05) is 24.2 Å². The van der Waals surface area contributed by atoms with Crippen LogP contribution >= 0.6 is 11.6 Å². The zero-order valence-electron chi connectivity index (χ0n) is 11.7. The number of amides is 2. The van der Waals surface area contributed by atoms with Gasteiger partial charge in [-0.3, -0.25) is 9.59 Å². The number of carbonyl (C=O) groups is 2. The standard InChI is InChI=1S/C13H14ClFN2O4S/c1-16-13(19)10-3-2-9(5-11(10)14)17-6-8(4-12(17)18)7-22(15,20)21/h2-3,5,8H,4,6-7H2,1H3,(H,16,19). The maximum Gasteiger partial charge on any atom is 0.302 e. The Kier molecular flexibility index (Phi) is 4.72. The molecule has 9 heteroatoms. The van der Waals surface area contributed by atoms with Crippen LogP contribution in [0.1, 0.15) is 16.8 Å². The minimum Gasteiger partial charge on any atom is -0.355 e. The highest BCUT2D eigenvalue weighted by Gasteiger charge is 2.33. The Morgan fingerprint density at radius 1 is 1.50 bits per heavy atom. The van der Waals surface area contributed by atoms with Crippen LogP contribution < -0.4 is 10.2 Å². The van der Waals surface area contributed by atoms with E-state index in [0.29, 0.717) is 5.69 Å². The van der Waals surface area contributed by atoms with Gasteiger partial charge in [-0.2, -0.15) is 8.42 Å². The Bertz CT molecular complexity index is 723. The largest absolute Gasteiger partial charge is 0.355 e. The highest BCUT2D eigenvalue weighted by molar-refractivity contribution is 7.86. The molecule has 6 nitrogen and oxygen atoms in total. The van der Waals surface area contributed by atoms with Gasteiger partial charge in [0.1, 0.15) is 0 Å². The van der Waals surface area contributed by atoms with E-state index in [2.05, 4.69) is 5.32 Å². The molecule has 1 unspecified atom stereocenters. The van der Waals surface area contributed by atoms with Crippen LogP contribution in [-0.2, 0) is 15.0 Å². The molecule has 1 aliphatic rings. The molecule has 1 aromatic rings. The molecule has 0 saturated carbocycles. The number of nitrogens with zero attached hydrogens (tertiary/aromatic N) is 1. The first kappa shape index (κ1) is 16.7. The van der Waals surface area contributed by atoms with Crippen LogP contribution in [0, 0.1) is 5.92 Å². The van der Waals surface area contributed by atoms with E-state index in [0.717, 1.165) is 0 Å². The topological polar surface area (TPSA) is 83.6 Å². The summed E-state index contributed by atoms with van der Waals surface area (Å²) in [5.41, 5.74) is 0.712. The number of hydrogen-bond acceptors (Lipinski definition) is 4. The molecule has 0 bridgehead atoms. The number of rotatable bonds is 4. The van der Waals surface area contributed by atoms with E-state index in [4.69, 9.17) is 11.6 Å². The highest BCUT2D eigenvalue weighted by Crippen LogP contribution is 2.29. The Morgan fingerprint density at radius 2 is 2.18 bits per heavy atom. The van der Waals surface area contributed by atoms with Gasteiger partial charge in [-0.15, -0.1) is 3.89 Å². The second-order valence-corrected chi connectivity index (χ2v) is 6.84. The lowest BCUT2D eigenvalue weighted by atomic mass is 10.1. The van der Waals surface area contributed by atoms with Gasteiger partial charge in [0, 0.05) is 31.6 Å². The van der Waals surface area contributed by atoms with Crippen molar-refractivity contribution in [1.82, 2.24) is 5.32 Å². The molecule has 0 aromatic heterocycles. The average Bonchev–Trinajstić information content (AvgIpc) is 2.76. The van der Waals surface area contributed by atoms with Crippen LogP contribution in [0.2, 0.25) is 5.02 Å². The summed E-state index contributed by atoms with van der Waals surface area (Å²) in [6.45, 7) is 0.0949. The quantitative estimate of drug-likeness (QED) is 0.832. The van der Waals surface area contributed by atoms with Gasteiger partial charge < -0.3 is 10.2 Å². The molecule has 0 spiro atoms. The average molecular weight is 349 g/mol. The van der Waals surface area contributed by atoms with Crippen molar-refractivity contribution < 1.29 is 21.9 Å². The lowest BCUT2D eigenvalue weighted by Crippen LogP contribution is -2.25. The third-order valence-electron chi connectivity index (χ3n) is 3.38. The predicted octanol–water partition coefficient (Wildman–Crippen LogP) is 1.35. The van der Waals surface area contributed by atoms with Crippen molar-refractivity contribution in [1.29, 1.82) is 0 Å². The fourth-order valence-corrected chi connectivity index (χ4v) is 3.46. The zero-order chi connectivity index (χ0) is 16.5. The number of hydrogen-bond donors (Lipinski definition) is 1. The van der Waals surface area contributed by atoms with Gasteiger partial charge in [-0.05, 0) is 18.2 Å². The number of anilines is 1. The van der Waals surface area contributed by atoms with Gasteiger partial charge >= 0.3 is 10.2 Å². The molecule has 1 atom stereocenters. The van der Waals surface area contributed by atoms with Crippen molar-refractivity contribution in [2.45, 2.75) is 6.42 Å². The third-order valence-corrected chi connectivity index (χ3v) is 4.56. The maximum absolute atomic E-state index is 12.7. The van der Waals surface area contributed by atoms with Crippen LogP contribution in [0.4, 0.5) is 9.57 Å². The summed E-state index contributed by atoms with van der Waals surface area (Å²) in [7, 11) is -3.15. The summed E-state index contributed by atoms with van der Waals surface area (Å²) in [5.74, 6) is -1.94. The van der Waals surface area contributed by atoms with Gasteiger partial charge in [0.2, 0.25) is 5.91 Å². The van der Waals surface area contributed by atoms with E-state index in [1.807, 2.05) is 0 Å². The van der Waals surface area contributed by atoms with Crippen LogP contribution in [0.25, 0.3) is 0 Å². The summed E-state index contributed by atoms with van der Waals surface area (Å²) in [6.07, 6.45) is -0.0437. The van der Waals surface area contributed by atoms with Gasteiger partial charge in [-0.25, -0.2) is 0 Å². The zero-order valence-corrected chi connectivity index (χ0v) is 13.2. The van der Waals surface area contributed by atoms with Crippen LogP contribution in [-0.4, -0.2) is 39.6 Å². The smallest absolute Gasteiger partial charge is 0.302 e. The van der Waals surface area contributed by atoms with Crippen LogP contribution in [0.3, 0.4) is 0 Å². The molecule has 1 fully saturated rings. The minimum absolute atomic E-state index is 0.0437. The minimum atomic E-state index is -4.62. The Morgan fingerprint density at radius 3 is 2.73 bits per heavy atom. The fourth-order valence-electron chi connectivity index (χ4n) is 2.42. The first-order valence-corrected chi connectivity index (χ1v) is 8.38. The Balaban J connectivity index is 2.20. The summed E-state index contributed by atoms with van der Waals surface area (Å²) in [6, 6.07) is 4.47. The Hall–Kier alpha value is -1.67. The summed E-state index contributed by atoms with van der Waals surface area (Å²) < 4.78 is 34.1. The van der Waals surface area contributed by atoms with E-state index in [-0.39, 0.29) is 35.4 Å². The van der Waals surface area contributed by atoms with Crippen molar-refractivity contribution in [2.24, 2.45) is 5.92 Å². The van der Waals surface area contributed by atoms with Gasteiger partial charge in [-0.1, -0.05) is 11.6 Å². The fraction of sp³-hybridized carbons (Fsp3) is 0.385. The second kappa shape index (κ2) is 6.21. The van der Waals surface area contributed by atoms with Crippen molar-refractivity contribution in [3.8, 4) is 0 Å². The van der Waals surface area contributed by atoms with Crippen LogP contribution in [0.5, 0.6) is 0 Å². The van der Waals surface area contributed by atoms with E-state index in [9.17, 15) is 21.9 Å². The van der Waals surface area contributed by atoms with E-state index in [1.54, 1.807) is 6.07 Å². The molecule has 1 aromatic carbocycles. The first-order valence-electron chi connectivity index (χ1n) is 6.45. The van der Waals surface area contributed by atoms with E-state index < -0.39 is 21.9 Å². The predicted molar refractivity (Wildman–Crippen MR) is 80.2 cm³/mol. The Labute approximate surface area is 132 Å². The SMILES string of the molecule is CNC(=O)c1ccc(N2CC(CS(=O)(=O)F)CC2=O)cc1Cl. The molecule has 1 saturated heterocycles. The molecule has 1 N–H and O–H groups in total. The summed E-state index contributed by atoms with van der Waals surface area (Å²) in [4.78, 5) is 24.8. The third kappa shape index (κ3) is 3.75. The van der Waals surface area contributed by atoms with Crippen molar-refractivity contribution in [3.63, 3.8) is 0 Å². The number of halogens is 2. The summed E-state index contributed by atoms with van der Waals surface area (Å²) >= 11 is 6.02. The monoisotopic (exact) mass is 348 g/mol. The van der Waals surface area contributed by atoms with Crippen molar-refractivity contribution >= 4 is 39.3 Å². The molecule has 2 rings (SSSR count). The molecule has 1 heterocycles. The molecule has 120 valence electrons. The van der Waals surface area contributed by atoms with Gasteiger partial charge in [0.25, 0.3) is 5.91 Å². The van der Waals surface area contributed by atoms with E-state index >= 15 is 0 Å². The maximum atomic E-state index is 12.7. The molecule has 1 aliphatic heterocycles. The normalized spacial score (nSPS) is 18.6. The lowest BCUT2D eigenvalue weighted by molar-refractivity contribution is -0.117. The van der Waals surface area contributed by atoms with E-state index in [1.165, 1.54) is 24.1 Å². The number of nitrogens with one attached hydrogen (secondary N) is 1. The van der Waals surface area contributed by atoms with Crippen LogP contribution in [0.15, 0.2) is 18.2 Å². The molecular weight excluding hydrogens is 335 g/mol. The van der Waals surface area contributed by atoms with Gasteiger partial charge in [0.15, 0.2) is 0 Å². The molecule has 22 heavy (non-hydrogen) atoms. The first-order chi connectivity index (χ1) is 10.2. The van der Waals surface area contributed by atoms with Gasteiger partial charge in [0.05, 0.1) is 16.3 Å². The summed E-state index contributed by atoms with van der Waals surface area (Å²) in [5, 5.41) is 2.61. The lowest BCUT2D eigenvalue weighted by Gasteiger charge is -2.17. The molecule has 0 aliphatic carbocycles. The van der Waals surface area contributed by atoms with Crippen molar-refractivity contribution in [3.05, 3.63) is 28.8 Å². The molecular formula is C13H14ClFN2O4S. The highest BCUT2D eigenvalue weighted by atomic mass is 35.5. The second-order valence-electron chi connectivity index (χ2n) is 5.02. The molecule has 0 radical (unpaired) electrons. The number of carbonyl (C=O) groups excluding carboxylic acids is 2. The number of benzene rings is 1.